The van der Waals surface area contributed by atoms with Crippen molar-refractivity contribution >= 4 is 82.9 Å². The summed E-state index contributed by atoms with van der Waals surface area (Å²) in [6.45, 7) is 6.98. The SMILES string of the molecule is C=O.CN[C@H](CC(C)C)C(=O)NC1C(=O)N[C@@H](CC(N)=O)C(=O)N[C@H]2C(=O)N[C@@H]3C(=O)N[C@H](C(=O)N[C@@H](O)c4cc(O)cc(O)c4-c4cc3ccc4O)[C@H](O[C@H]3C[C@](C)(N)[C@@H](O)[C@H](C)O3)c3ccc(c(Cl)c3)Oc3cc2cc(c3O[C@@H]2O[C@H](CO)[C@@H](O[C@@H]3O[C@H](CNCc4cccc(NC(=O)c5cccc(OC(F)(F)F)c5)c4)[C@H](O)[C@H](O)[C@H]3O)[C@H](O)[C@H]2O)Oc2ccc(cc2Cl)[C@H]1O. The number of primary amides is 1. The number of phenols is 3. The van der Waals surface area contributed by atoms with E-state index >= 15 is 24.0 Å². The van der Waals surface area contributed by atoms with Crippen molar-refractivity contribution in [2.45, 2.75) is 200 Å². The van der Waals surface area contributed by atoms with Crippen LogP contribution in [-0.4, -0.2) is 252 Å². The molecule has 8 heterocycles. The predicted molar refractivity (Wildman–Crippen MR) is 456 cm³/mol. The molecule has 3 saturated heterocycles. The summed E-state index contributed by atoms with van der Waals surface area (Å²) in [4.78, 5) is 127. The van der Waals surface area contributed by atoms with Crippen LogP contribution in [0.1, 0.15) is 121 Å². The number of nitrogens with two attached hydrogens (primary N) is 2. The molecule has 133 heavy (non-hydrogen) atoms. The van der Waals surface area contributed by atoms with Crippen molar-refractivity contribution in [1.29, 1.82) is 0 Å². The number of carbonyl (C=O) groups is 9. The number of likely N-dealkylation sites (N-methyl/N-ethyl adjacent to an activating group) is 1. The summed E-state index contributed by atoms with van der Waals surface area (Å²) < 4.78 is 94.0. The van der Waals surface area contributed by atoms with Gasteiger partial charge in [-0.2, -0.15) is 0 Å². The van der Waals surface area contributed by atoms with Crippen LogP contribution < -0.4 is 78.3 Å². The van der Waals surface area contributed by atoms with Gasteiger partial charge in [-0.05, 0) is 146 Å². The highest BCUT2D eigenvalue weighted by Gasteiger charge is 2.53. The van der Waals surface area contributed by atoms with E-state index in [0.717, 1.165) is 78.9 Å². The quantitative estimate of drug-likeness (QED) is 0.0485. The Hall–Kier alpha value is -11.7. The Labute approximate surface area is 764 Å². The van der Waals surface area contributed by atoms with Crippen molar-refractivity contribution in [2.24, 2.45) is 17.4 Å². The highest BCUT2D eigenvalue weighted by atomic mass is 35.5. The maximum absolute atomic E-state index is 16.4. The van der Waals surface area contributed by atoms with E-state index in [0.29, 0.717) is 5.56 Å². The average molecular weight is 1910 g/mol. The molecule has 8 amide bonds. The number of hydrogen-bond donors (Lipinski definition) is 23. The van der Waals surface area contributed by atoms with E-state index in [4.69, 9.17) is 77.4 Å². The van der Waals surface area contributed by atoms with E-state index < -0.39 is 291 Å². The molecule has 1 unspecified atom stereocenters. The molecule has 716 valence electrons. The lowest BCUT2D eigenvalue weighted by Gasteiger charge is -2.46. The number of alkyl halides is 3. The number of fused-ring (bicyclic) bond motifs is 15. The van der Waals surface area contributed by atoms with E-state index in [1.807, 2.05) is 6.79 Å². The van der Waals surface area contributed by atoms with Gasteiger partial charge in [0.2, 0.25) is 53.4 Å². The fourth-order valence-corrected chi connectivity index (χ4v) is 16.4. The summed E-state index contributed by atoms with van der Waals surface area (Å²) >= 11 is 14.5. The number of phenolic OH excluding ortho intramolecular Hbond substituents is 3. The lowest BCUT2D eigenvalue weighted by atomic mass is 9.86. The van der Waals surface area contributed by atoms with Crippen LogP contribution >= 0.6 is 23.2 Å². The van der Waals surface area contributed by atoms with Gasteiger partial charge in [0, 0.05) is 59.1 Å². The Bertz CT molecular complexity index is 5480. The number of aromatic hydroxyl groups is 3. The van der Waals surface area contributed by atoms with Gasteiger partial charge in [-0.3, -0.25) is 38.4 Å². The summed E-state index contributed by atoms with van der Waals surface area (Å²) in [5.74, 6) is -16.0. The molecule has 11 bridgehead atoms. The number of aliphatic hydroxyl groups is 9. The summed E-state index contributed by atoms with van der Waals surface area (Å²) in [6, 6.07) is 12.0. The van der Waals surface area contributed by atoms with Gasteiger partial charge >= 0.3 is 6.36 Å². The van der Waals surface area contributed by atoms with Gasteiger partial charge in [0.05, 0.1) is 41.3 Å². The molecule has 3 fully saturated rings. The lowest BCUT2D eigenvalue weighted by molar-refractivity contribution is -0.350. The molecule has 0 aliphatic carbocycles. The van der Waals surface area contributed by atoms with Gasteiger partial charge in [-0.15, -0.1) is 13.2 Å². The first-order chi connectivity index (χ1) is 62.9. The van der Waals surface area contributed by atoms with Crippen LogP contribution in [0.4, 0.5) is 18.9 Å². The van der Waals surface area contributed by atoms with Crippen LogP contribution in [0.2, 0.25) is 10.0 Å². The van der Waals surface area contributed by atoms with E-state index in [9.17, 15) is 88.8 Å². The number of ether oxygens (including phenoxy) is 9. The fraction of sp³-hybridized carbons (Fsp3) is 0.414. The number of rotatable bonds is 21. The number of amides is 8. The molecule has 25 N–H and O–H groups in total. The molecule has 0 aromatic heterocycles. The smallest absolute Gasteiger partial charge is 0.508 e. The number of benzene rings is 7. The number of aliphatic hydroxyl groups excluding tert-OH is 9. The van der Waals surface area contributed by atoms with Gasteiger partial charge in [0.1, 0.15) is 133 Å². The van der Waals surface area contributed by atoms with Crippen LogP contribution in [0, 0.1) is 5.92 Å². The standard InChI is InChI=1S/C86H96Cl2F3N11O29.CH2O/c1-33(2)18-48(94-5)77(117)100-63-65(108)37-13-16-52(46(87)22-37)124-54-24-40-25-55(72(54)129-84-70(113)68(111)73(57(32-103)127-84)130-83-69(112)67(110)66(109)56(126-83)31-95-30-35-8-6-10-41(19-35)96-75(115)39-9-7-11-43(20-39)131-86(89,90)91)125-53-17-14-38(23-47(53)88)71(128-59-29-85(4,93)74(114)34(3)123-59)64-82(122)102-76(116)45-26-42(104)27-51(106)60(45)44-21-36(12-15-50(44)105)61(79(119)101-64)99-80(120)62(40)98-78(118)49(28-58(92)107)97-81(63)121;1-2/h6-17,19-27,33-34,48-49,56-57,59,61-71,73-74,76,83-84,94-95,103-106,108-114,116H,18,28-32,93H2,1-5H3,(H2,92,107)(H,96,115)(H,97,121)(H,98,118)(H,99,120)(H,100,117)(H,101,119)(H,102,122);1H2/t34-,48+,49-,56+,57+,59-,61-,62+,63?,64-,65+,66-,67-,68+,69+,70+,71+,73+,74-,76-,83-,84-,85-;/m0./s1. The van der Waals surface area contributed by atoms with Crippen LogP contribution in [-0.2, 0) is 68.6 Å². The van der Waals surface area contributed by atoms with E-state index in [1.54, 1.807) is 26.0 Å². The molecule has 7 aromatic carbocycles. The minimum Gasteiger partial charge on any atom is -0.508 e. The van der Waals surface area contributed by atoms with Crippen LogP contribution in [0.5, 0.6) is 51.7 Å². The first-order valence-electron chi connectivity index (χ1n) is 41.3. The molecule has 0 spiro atoms. The monoisotopic (exact) mass is 1900 g/mol. The Morgan fingerprint density at radius 3 is 1.94 bits per heavy atom. The zero-order valence-corrected chi connectivity index (χ0v) is 72.6. The Balaban J connectivity index is 0.00000792. The number of halogens is 5. The largest absolute Gasteiger partial charge is 0.573 e. The molecular weight excluding hydrogens is 1810 g/mol. The van der Waals surface area contributed by atoms with Crippen molar-refractivity contribution in [3.8, 4) is 62.9 Å². The van der Waals surface area contributed by atoms with Crippen LogP contribution in [0.25, 0.3) is 11.1 Å². The normalized spacial score (nSPS) is 28.6. The molecule has 46 heteroatoms. The molecule has 0 saturated carbocycles. The topological polar surface area (TPSA) is 640 Å². The highest BCUT2D eigenvalue weighted by Crippen LogP contribution is 2.50. The molecule has 0 radical (unpaired) electrons. The predicted octanol–water partition coefficient (Wildman–Crippen LogP) is 1.56. The van der Waals surface area contributed by atoms with Crippen molar-refractivity contribution in [3.63, 3.8) is 0 Å². The second-order valence-corrected chi connectivity index (χ2v) is 33.6. The molecule has 8 aliphatic rings. The first kappa shape index (κ1) is 100. The minimum absolute atomic E-state index is 0.0487. The van der Waals surface area contributed by atoms with Crippen LogP contribution in [0.15, 0.2) is 127 Å². The maximum atomic E-state index is 16.4. The number of anilines is 1. The van der Waals surface area contributed by atoms with Gasteiger partial charge in [0.25, 0.3) is 5.91 Å². The van der Waals surface area contributed by atoms with Gasteiger partial charge in [-0.25, -0.2) is 0 Å². The van der Waals surface area contributed by atoms with E-state index in [-0.39, 0.29) is 59.8 Å². The number of nitrogens with one attached hydrogen (secondary N) is 9. The summed E-state index contributed by atoms with van der Waals surface area (Å²) in [6.07, 6.45) is -37.2. The molecule has 41 nitrogen and oxygen atoms in total. The molecule has 8 aliphatic heterocycles. The fourth-order valence-electron chi connectivity index (χ4n) is 15.9. The first-order valence-corrected chi connectivity index (χ1v) is 42.0. The Morgan fingerprint density at radius 2 is 1.29 bits per heavy atom. The van der Waals surface area contributed by atoms with E-state index in [2.05, 4.69) is 52.6 Å². The molecule has 15 rings (SSSR count). The van der Waals surface area contributed by atoms with E-state index in [1.165, 1.54) is 57.3 Å². The van der Waals surface area contributed by atoms with Crippen LogP contribution in [0.3, 0.4) is 0 Å². The third-order valence-corrected chi connectivity index (χ3v) is 23.2. The lowest BCUT2D eigenvalue weighted by Crippen LogP contribution is -2.65. The van der Waals surface area contributed by atoms with Gasteiger partial charge in [0.15, 0.2) is 30.3 Å². The third-order valence-electron chi connectivity index (χ3n) is 22.6. The molecular formula is C87H98Cl2F3N11O30. The summed E-state index contributed by atoms with van der Waals surface area (Å²) in [5, 5.41) is 163. The third kappa shape index (κ3) is 23.2. The zero-order chi connectivity index (χ0) is 96.8. The number of hydrogen-bond acceptors (Lipinski definition) is 33. The van der Waals surface area contributed by atoms with Gasteiger partial charge < -0.3 is 168 Å². The zero-order valence-electron chi connectivity index (χ0n) is 71.1. The second-order valence-electron chi connectivity index (χ2n) is 32.8. The second kappa shape index (κ2) is 42.2. The van der Waals surface area contributed by atoms with Crippen molar-refractivity contribution < 1.29 is 160 Å². The summed E-state index contributed by atoms with van der Waals surface area (Å²) in [7, 11) is 1.45. The van der Waals surface area contributed by atoms with Crippen molar-refractivity contribution in [3.05, 3.63) is 176 Å². The minimum atomic E-state index is -5.03. The Morgan fingerprint density at radius 1 is 0.662 bits per heavy atom. The summed E-state index contributed by atoms with van der Waals surface area (Å²) in [5.41, 5.74) is 8.82. The van der Waals surface area contributed by atoms with Crippen molar-refractivity contribution in [1.82, 2.24) is 42.5 Å². The average Bonchev–Trinajstić information content (AvgIpc) is 0.766. The van der Waals surface area contributed by atoms with Crippen molar-refractivity contribution in [2.75, 3.05) is 25.5 Å². The molecule has 23 atom stereocenters. The van der Waals surface area contributed by atoms with Gasteiger partial charge in [-0.1, -0.05) is 73.4 Å². The molecule has 7 aromatic rings. The highest BCUT2D eigenvalue weighted by molar-refractivity contribution is 6.32. The number of carbonyl (C=O) groups excluding carboxylic acids is 9. The maximum Gasteiger partial charge on any atom is 0.573 e. The Kier molecular flexibility index (Phi) is 31.8.